The Balaban J connectivity index is 1.52. The Labute approximate surface area is 214 Å². The molecule has 3 aromatic rings. The van der Waals surface area contributed by atoms with Crippen LogP contribution in [0.5, 0.6) is 11.5 Å². The number of esters is 1. The molecular weight excluding hydrogens is 516 g/mol. The van der Waals surface area contributed by atoms with Crippen LogP contribution in [-0.2, 0) is 11.3 Å². The van der Waals surface area contributed by atoms with Gasteiger partial charge >= 0.3 is 5.97 Å². The second kappa shape index (κ2) is 10.5. The van der Waals surface area contributed by atoms with Crippen molar-refractivity contribution in [2.24, 2.45) is 0 Å². The van der Waals surface area contributed by atoms with Crippen LogP contribution in [0.4, 0.5) is 9.18 Å². The van der Waals surface area contributed by atoms with Gasteiger partial charge in [-0.05, 0) is 71.4 Å². The largest absolute Gasteiger partial charge is 0.493 e. The normalized spacial score (nSPS) is 14.5. The van der Waals surface area contributed by atoms with Gasteiger partial charge in [-0.25, -0.2) is 9.18 Å². The average molecular weight is 532 g/mol. The summed E-state index contributed by atoms with van der Waals surface area (Å²) in [6.45, 7) is 0.0528. The maximum Gasteiger partial charge on any atom is 0.343 e. The van der Waals surface area contributed by atoms with E-state index in [1.807, 2.05) is 0 Å². The molecule has 1 saturated heterocycles. The fourth-order valence-electron chi connectivity index (χ4n) is 3.24. The predicted molar refractivity (Wildman–Crippen MR) is 132 cm³/mol. The number of hydrogen-bond acceptors (Lipinski definition) is 6. The Morgan fingerprint density at radius 2 is 1.83 bits per heavy atom. The summed E-state index contributed by atoms with van der Waals surface area (Å²) in [7, 11) is 1.39. The van der Waals surface area contributed by atoms with Gasteiger partial charge < -0.3 is 9.47 Å². The van der Waals surface area contributed by atoms with Crippen molar-refractivity contribution in [3.05, 3.63) is 98.1 Å². The average Bonchev–Trinajstić information content (AvgIpc) is 3.09. The summed E-state index contributed by atoms with van der Waals surface area (Å²) in [6, 6.07) is 14.7. The Bertz CT molecular complexity index is 1380. The number of amides is 2. The molecule has 0 N–H and O–H groups in total. The van der Waals surface area contributed by atoms with Gasteiger partial charge in [0, 0.05) is 0 Å². The van der Waals surface area contributed by atoms with Crippen LogP contribution in [0.3, 0.4) is 0 Å². The molecule has 0 bridgehead atoms. The Morgan fingerprint density at radius 1 is 1.03 bits per heavy atom. The van der Waals surface area contributed by atoms with Gasteiger partial charge in [0.1, 0.15) is 5.82 Å². The predicted octanol–water partition coefficient (Wildman–Crippen LogP) is 6.60. The minimum atomic E-state index is -0.751. The van der Waals surface area contributed by atoms with Gasteiger partial charge in [0.2, 0.25) is 0 Å². The van der Waals surface area contributed by atoms with Crippen molar-refractivity contribution in [3.63, 3.8) is 0 Å². The third kappa shape index (κ3) is 5.67. The summed E-state index contributed by atoms with van der Waals surface area (Å²) >= 11 is 12.8. The van der Waals surface area contributed by atoms with Gasteiger partial charge in [0.25, 0.3) is 11.1 Å². The molecule has 0 spiro atoms. The van der Waals surface area contributed by atoms with Gasteiger partial charge in [-0.2, -0.15) is 0 Å². The van der Waals surface area contributed by atoms with Crippen molar-refractivity contribution in [2.75, 3.05) is 7.11 Å². The van der Waals surface area contributed by atoms with E-state index in [9.17, 15) is 18.8 Å². The third-order valence-corrected chi connectivity index (χ3v) is 6.59. The molecule has 1 aliphatic heterocycles. The van der Waals surface area contributed by atoms with Crippen LogP contribution in [0.1, 0.15) is 21.5 Å². The van der Waals surface area contributed by atoms with Crippen molar-refractivity contribution < 1.29 is 28.2 Å². The highest BCUT2D eigenvalue weighted by Crippen LogP contribution is 2.36. The molecule has 0 atom stereocenters. The SMILES string of the molecule is COc1cc(/C=C2\SC(=O)N(Cc3ccc(Cl)c(Cl)c3)C2=O)ccc1OC(=O)c1cccc(F)c1. The molecule has 1 heterocycles. The van der Waals surface area contributed by atoms with Crippen LogP contribution >= 0.6 is 35.0 Å². The number of benzene rings is 3. The maximum atomic E-state index is 13.4. The second-order valence-corrected chi connectivity index (χ2v) is 9.13. The first-order valence-electron chi connectivity index (χ1n) is 10.1. The van der Waals surface area contributed by atoms with Crippen LogP contribution < -0.4 is 9.47 Å². The highest BCUT2D eigenvalue weighted by molar-refractivity contribution is 8.18. The number of methoxy groups -OCH3 is 1. The Morgan fingerprint density at radius 3 is 2.54 bits per heavy atom. The summed E-state index contributed by atoms with van der Waals surface area (Å²) in [4.78, 5) is 39.0. The van der Waals surface area contributed by atoms with E-state index in [2.05, 4.69) is 0 Å². The number of ether oxygens (including phenoxy) is 2. The van der Waals surface area contributed by atoms with E-state index in [1.165, 1.54) is 31.4 Å². The topological polar surface area (TPSA) is 72.9 Å². The van der Waals surface area contributed by atoms with Crippen molar-refractivity contribution in [1.82, 2.24) is 4.90 Å². The minimum absolute atomic E-state index is 0.0479. The van der Waals surface area contributed by atoms with E-state index in [0.717, 1.165) is 22.7 Å². The van der Waals surface area contributed by atoms with Gasteiger partial charge in [0.05, 0.1) is 34.2 Å². The minimum Gasteiger partial charge on any atom is -0.493 e. The third-order valence-electron chi connectivity index (χ3n) is 4.95. The lowest BCUT2D eigenvalue weighted by Gasteiger charge is -2.13. The zero-order valence-corrected chi connectivity index (χ0v) is 20.4. The molecule has 10 heteroatoms. The van der Waals surface area contributed by atoms with E-state index in [1.54, 1.807) is 36.4 Å². The monoisotopic (exact) mass is 531 g/mol. The molecule has 6 nitrogen and oxygen atoms in total. The molecule has 0 aliphatic carbocycles. The zero-order chi connectivity index (χ0) is 25.1. The molecule has 4 rings (SSSR count). The number of carbonyl (C=O) groups is 3. The smallest absolute Gasteiger partial charge is 0.343 e. The number of halogens is 3. The van der Waals surface area contributed by atoms with E-state index in [0.29, 0.717) is 21.2 Å². The number of carbonyl (C=O) groups excluding carboxylic acids is 3. The van der Waals surface area contributed by atoms with E-state index >= 15 is 0 Å². The number of nitrogens with zero attached hydrogens (tertiary/aromatic N) is 1. The molecule has 1 fully saturated rings. The Hall–Kier alpha value is -3.33. The maximum absolute atomic E-state index is 13.4. The highest BCUT2D eigenvalue weighted by atomic mass is 35.5. The van der Waals surface area contributed by atoms with Crippen LogP contribution in [-0.4, -0.2) is 29.1 Å². The molecule has 35 heavy (non-hydrogen) atoms. The van der Waals surface area contributed by atoms with Gasteiger partial charge in [0.15, 0.2) is 11.5 Å². The van der Waals surface area contributed by atoms with Crippen molar-refractivity contribution >= 4 is 58.2 Å². The van der Waals surface area contributed by atoms with Crippen LogP contribution in [0, 0.1) is 5.82 Å². The number of rotatable bonds is 6. The fraction of sp³-hybridized carbons (Fsp3) is 0.0800. The second-order valence-electron chi connectivity index (χ2n) is 7.33. The summed E-state index contributed by atoms with van der Waals surface area (Å²) in [5, 5.41) is 0.292. The number of hydrogen-bond donors (Lipinski definition) is 0. The molecule has 2 amide bonds. The van der Waals surface area contributed by atoms with E-state index in [-0.39, 0.29) is 28.5 Å². The molecule has 0 aromatic heterocycles. The number of thioether (sulfide) groups is 1. The van der Waals surface area contributed by atoms with Crippen molar-refractivity contribution in [3.8, 4) is 11.5 Å². The summed E-state index contributed by atoms with van der Waals surface area (Å²) in [5.41, 5.74) is 1.26. The molecule has 3 aromatic carbocycles. The molecule has 1 aliphatic rings. The van der Waals surface area contributed by atoms with Crippen LogP contribution in [0.25, 0.3) is 6.08 Å². The molecule has 178 valence electrons. The molecule has 0 radical (unpaired) electrons. The molecule has 0 unspecified atom stereocenters. The quantitative estimate of drug-likeness (QED) is 0.203. The Kier molecular flexibility index (Phi) is 7.45. The van der Waals surface area contributed by atoms with Gasteiger partial charge in [-0.15, -0.1) is 0 Å². The first kappa shape index (κ1) is 24.8. The first-order valence-corrected chi connectivity index (χ1v) is 11.7. The van der Waals surface area contributed by atoms with E-state index < -0.39 is 22.9 Å². The molecular formula is C25H16Cl2FNO5S. The number of imide groups is 1. The van der Waals surface area contributed by atoms with Crippen LogP contribution in [0.2, 0.25) is 10.0 Å². The lowest BCUT2D eigenvalue weighted by Crippen LogP contribution is -2.27. The summed E-state index contributed by atoms with van der Waals surface area (Å²) in [5.74, 6) is -1.43. The summed E-state index contributed by atoms with van der Waals surface area (Å²) < 4.78 is 24.0. The lowest BCUT2D eigenvalue weighted by atomic mass is 10.1. The first-order chi connectivity index (χ1) is 16.7. The van der Waals surface area contributed by atoms with Crippen molar-refractivity contribution in [1.29, 1.82) is 0 Å². The van der Waals surface area contributed by atoms with Gasteiger partial charge in [-0.1, -0.05) is 41.4 Å². The van der Waals surface area contributed by atoms with Crippen molar-refractivity contribution in [2.45, 2.75) is 6.54 Å². The molecule has 0 saturated carbocycles. The highest BCUT2D eigenvalue weighted by Gasteiger charge is 2.35. The fourth-order valence-corrected chi connectivity index (χ4v) is 4.40. The van der Waals surface area contributed by atoms with E-state index in [4.69, 9.17) is 32.7 Å². The zero-order valence-electron chi connectivity index (χ0n) is 18.1. The lowest BCUT2D eigenvalue weighted by molar-refractivity contribution is -0.123. The van der Waals surface area contributed by atoms with Crippen LogP contribution in [0.15, 0.2) is 65.6 Å². The summed E-state index contributed by atoms with van der Waals surface area (Å²) in [6.07, 6.45) is 1.54. The van der Waals surface area contributed by atoms with Gasteiger partial charge in [-0.3, -0.25) is 14.5 Å². The standard InChI is InChI=1S/C25H16Cl2FNO5S/c1-33-21-10-14(6-8-20(21)34-24(31)16-3-2-4-17(28)12-16)11-22-23(30)29(25(32)35-22)13-15-5-7-18(26)19(27)9-15/h2-12H,13H2,1H3/b22-11-.